The smallest absolute Gasteiger partial charge is 0.225 e. The van der Waals surface area contributed by atoms with Crippen molar-refractivity contribution in [3.63, 3.8) is 0 Å². The molecule has 3 aliphatic rings. The van der Waals surface area contributed by atoms with Crippen LogP contribution in [0.4, 0.5) is 0 Å². The lowest BCUT2D eigenvalue weighted by molar-refractivity contribution is -0.136. The predicted molar refractivity (Wildman–Crippen MR) is 82.3 cm³/mol. The van der Waals surface area contributed by atoms with Gasteiger partial charge in [0.2, 0.25) is 11.8 Å². The Kier molecular flexibility index (Phi) is 5.31. The fraction of sp³-hybridized carbons (Fsp3) is 0.875. The van der Waals surface area contributed by atoms with Crippen LogP contribution in [0.3, 0.4) is 0 Å². The zero-order valence-corrected chi connectivity index (χ0v) is 13.3. The van der Waals surface area contributed by atoms with Gasteiger partial charge in [0.15, 0.2) is 0 Å². The molecule has 0 atom stereocenters. The van der Waals surface area contributed by atoms with E-state index in [0.29, 0.717) is 18.4 Å². The van der Waals surface area contributed by atoms with Crippen LogP contribution < -0.4 is 5.32 Å². The average Bonchev–Trinajstić information content (AvgIpc) is 3.40. The number of likely N-dealkylation sites (tertiary alicyclic amines) is 1. The monoisotopic (exact) mass is 309 g/mol. The third kappa shape index (κ3) is 4.20. The molecule has 2 aliphatic heterocycles. The maximum Gasteiger partial charge on any atom is 0.225 e. The van der Waals surface area contributed by atoms with Crippen molar-refractivity contribution in [2.75, 3.05) is 52.5 Å². The zero-order chi connectivity index (χ0) is 15.4. The van der Waals surface area contributed by atoms with Crippen molar-refractivity contribution < 1.29 is 14.3 Å². The van der Waals surface area contributed by atoms with Gasteiger partial charge in [-0.3, -0.25) is 14.5 Å². The van der Waals surface area contributed by atoms with Crippen molar-refractivity contribution in [2.45, 2.75) is 25.7 Å². The Balaban J connectivity index is 1.32. The third-order valence-electron chi connectivity index (χ3n) is 4.93. The molecule has 0 spiro atoms. The molecule has 2 heterocycles. The molecule has 0 aromatic heterocycles. The van der Waals surface area contributed by atoms with E-state index in [1.807, 2.05) is 4.90 Å². The summed E-state index contributed by atoms with van der Waals surface area (Å²) >= 11 is 0. The van der Waals surface area contributed by atoms with E-state index < -0.39 is 0 Å². The molecule has 1 saturated carbocycles. The predicted octanol–water partition coefficient (Wildman–Crippen LogP) is 0.0834. The van der Waals surface area contributed by atoms with Gasteiger partial charge in [-0.05, 0) is 25.7 Å². The number of carbonyl (C=O) groups excluding carboxylic acids is 2. The van der Waals surface area contributed by atoms with E-state index in [4.69, 9.17) is 4.74 Å². The van der Waals surface area contributed by atoms with E-state index in [1.54, 1.807) is 0 Å². The molecule has 0 bridgehead atoms. The SMILES string of the molecule is O=C(NCCN1CCOCC1)C1CCN(C(=O)C2CC2)CC1. The first-order valence-corrected chi connectivity index (χ1v) is 8.60. The Hall–Kier alpha value is -1.14. The number of hydrogen-bond donors (Lipinski definition) is 1. The van der Waals surface area contributed by atoms with Crippen LogP contribution in [-0.2, 0) is 14.3 Å². The number of nitrogens with one attached hydrogen (secondary N) is 1. The first-order valence-electron chi connectivity index (χ1n) is 8.60. The van der Waals surface area contributed by atoms with Gasteiger partial charge in [-0.25, -0.2) is 0 Å². The van der Waals surface area contributed by atoms with Crippen LogP contribution in [0, 0.1) is 11.8 Å². The molecule has 2 saturated heterocycles. The summed E-state index contributed by atoms with van der Waals surface area (Å²) in [7, 11) is 0. The minimum Gasteiger partial charge on any atom is -0.379 e. The molecule has 0 unspecified atom stereocenters. The number of hydrogen-bond acceptors (Lipinski definition) is 4. The summed E-state index contributed by atoms with van der Waals surface area (Å²) < 4.78 is 5.31. The van der Waals surface area contributed by atoms with Crippen molar-refractivity contribution >= 4 is 11.8 Å². The lowest BCUT2D eigenvalue weighted by Gasteiger charge is -2.32. The second kappa shape index (κ2) is 7.42. The fourth-order valence-corrected chi connectivity index (χ4v) is 3.26. The van der Waals surface area contributed by atoms with Gasteiger partial charge >= 0.3 is 0 Å². The Morgan fingerprint density at radius 1 is 0.955 bits per heavy atom. The number of ether oxygens (including phenoxy) is 1. The van der Waals surface area contributed by atoms with Gasteiger partial charge in [0.05, 0.1) is 13.2 Å². The number of amides is 2. The summed E-state index contributed by atoms with van der Waals surface area (Å²) in [6, 6.07) is 0. The highest BCUT2D eigenvalue weighted by atomic mass is 16.5. The van der Waals surface area contributed by atoms with E-state index >= 15 is 0 Å². The highest BCUT2D eigenvalue weighted by Crippen LogP contribution is 2.32. The van der Waals surface area contributed by atoms with E-state index in [2.05, 4.69) is 10.2 Å². The summed E-state index contributed by atoms with van der Waals surface area (Å²) in [5.41, 5.74) is 0. The standard InChI is InChI=1S/C16H27N3O3/c20-15(17-5-8-18-9-11-22-12-10-18)13-3-6-19(7-4-13)16(21)14-1-2-14/h13-14H,1-12H2,(H,17,20). The molecule has 2 amide bonds. The minimum absolute atomic E-state index is 0.0768. The molecule has 1 N–H and O–H groups in total. The topological polar surface area (TPSA) is 61.9 Å². The van der Waals surface area contributed by atoms with Crippen molar-refractivity contribution in [2.24, 2.45) is 11.8 Å². The largest absolute Gasteiger partial charge is 0.379 e. The summed E-state index contributed by atoms with van der Waals surface area (Å²) in [6.45, 7) is 6.60. The van der Waals surface area contributed by atoms with Crippen LogP contribution in [0.5, 0.6) is 0 Å². The summed E-state index contributed by atoms with van der Waals surface area (Å²) in [6.07, 6.45) is 3.73. The quantitative estimate of drug-likeness (QED) is 0.781. The number of piperidine rings is 1. The molecule has 6 nitrogen and oxygen atoms in total. The molecule has 124 valence electrons. The Morgan fingerprint density at radius 3 is 2.27 bits per heavy atom. The van der Waals surface area contributed by atoms with Gasteiger partial charge in [-0.15, -0.1) is 0 Å². The van der Waals surface area contributed by atoms with E-state index in [9.17, 15) is 9.59 Å². The maximum absolute atomic E-state index is 12.2. The van der Waals surface area contributed by atoms with Gasteiger partial charge in [0.25, 0.3) is 0 Å². The van der Waals surface area contributed by atoms with E-state index in [-0.39, 0.29) is 11.8 Å². The Morgan fingerprint density at radius 2 is 1.64 bits per heavy atom. The second-order valence-electron chi connectivity index (χ2n) is 6.62. The number of carbonyl (C=O) groups is 2. The van der Waals surface area contributed by atoms with Crippen molar-refractivity contribution in [3.8, 4) is 0 Å². The lowest BCUT2D eigenvalue weighted by atomic mass is 9.95. The molecule has 0 aromatic carbocycles. The minimum atomic E-state index is 0.0768. The second-order valence-corrected chi connectivity index (χ2v) is 6.62. The molecule has 0 radical (unpaired) electrons. The van der Waals surface area contributed by atoms with Crippen LogP contribution >= 0.6 is 0 Å². The average molecular weight is 309 g/mol. The molecule has 22 heavy (non-hydrogen) atoms. The maximum atomic E-state index is 12.2. The molecular weight excluding hydrogens is 282 g/mol. The molecule has 0 aromatic rings. The first kappa shape index (κ1) is 15.7. The van der Waals surface area contributed by atoms with Gasteiger partial charge in [-0.1, -0.05) is 0 Å². The molecule has 6 heteroatoms. The molecular formula is C16H27N3O3. The molecule has 3 rings (SSSR count). The Labute approximate surface area is 132 Å². The first-order chi connectivity index (χ1) is 10.7. The van der Waals surface area contributed by atoms with E-state index in [0.717, 1.165) is 71.6 Å². The highest BCUT2D eigenvalue weighted by Gasteiger charge is 2.35. The molecule has 1 aliphatic carbocycles. The number of rotatable bonds is 5. The Bertz CT molecular complexity index is 397. The van der Waals surface area contributed by atoms with Gasteiger partial charge < -0.3 is 15.0 Å². The van der Waals surface area contributed by atoms with Crippen LogP contribution in [0.1, 0.15) is 25.7 Å². The van der Waals surface area contributed by atoms with Crippen LogP contribution in [-0.4, -0.2) is 74.1 Å². The molecule has 3 fully saturated rings. The zero-order valence-electron chi connectivity index (χ0n) is 13.3. The highest BCUT2D eigenvalue weighted by molar-refractivity contribution is 5.82. The third-order valence-corrected chi connectivity index (χ3v) is 4.93. The van der Waals surface area contributed by atoms with E-state index in [1.165, 1.54) is 0 Å². The van der Waals surface area contributed by atoms with Crippen LogP contribution in [0.25, 0.3) is 0 Å². The summed E-state index contributed by atoms with van der Waals surface area (Å²) in [4.78, 5) is 28.5. The van der Waals surface area contributed by atoms with Crippen LogP contribution in [0.15, 0.2) is 0 Å². The van der Waals surface area contributed by atoms with Gasteiger partial charge in [-0.2, -0.15) is 0 Å². The normalized spacial score (nSPS) is 24.3. The van der Waals surface area contributed by atoms with Crippen molar-refractivity contribution in [3.05, 3.63) is 0 Å². The number of morpholine rings is 1. The van der Waals surface area contributed by atoms with Crippen LogP contribution in [0.2, 0.25) is 0 Å². The van der Waals surface area contributed by atoms with Gasteiger partial charge in [0, 0.05) is 51.1 Å². The number of nitrogens with zero attached hydrogens (tertiary/aromatic N) is 2. The summed E-state index contributed by atoms with van der Waals surface area (Å²) in [5, 5.41) is 3.05. The van der Waals surface area contributed by atoms with Gasteiger partial charge in [0.1, 0.15) is 0 Å². The lowest BCUT2D eigenvalue weighted by Crippen LogP contribution is -2.45. The van der Waals surface area contributed by atoms with Crippen molar-refractivity contribution in [1.82, 2.24) is 15.1 Å². The fourth-order valence-electron chi connectivity index (χ4n) is 3.26. The summed E-state index contributed by atoms with van der Waals surface area (Å²) in [5.74, 6) is 0.838. The van der Waals surface area contributed by atoms with Crippen molar-refractivity contribution in [1.29, 1.82) is 0 Å².